The summed E-state index contributed by atoms with van der Waals surface area (Å²) in [6.07, 6.45) is 0.747. The van der Waals surface area contributed by atoms with Crippen molar-refractivity contribution in [2.24, 2.45) is 12.8 Å². The largest absolute Gasteiger partial charge is 0.330 e. The monoisotopic (exact) mass is 235 g/mol. The average molecular weight is 236 g/mol. The van der Waals surface area contributed by atoms with Gasteiger partial charge in [0.1, 0.15) is 5.15 Å². The molecule has 0 amide bonds. The highest BCUT2D eigenvalue weighted by Gasteiger charge is 2.14. The van der Waals surface area contributed by atoms with Crippen molar-refractivity contribution in [1.29, 1.82) is 0 Å². The molecule has 0 saturated carbocycles. The second kappa shape index (κ2) is 4.68. The Balaban J connectivity index is 2.52. The molecule has 0 fully saturated rings. The lowest BCUT2D eigenvalue weighted by Crippen LogP contribution is -2.03. The van der Waals surface area contributed by atoms with E-state index in [2.05, 4.69) is 5.10 Å². The predicted molar refractivity (Wildman–Crippen MR) is 66.4 cm³/mol. The first kappa shape index (κ1) is 11.2. The number of halogens is 1. The van der Waals surface area contributed by atoms with Gasteiger partial charge in [0.15, 0.2) is 0 Å². The molecule has 0 aliphatic heterocycles. The van der Waals surface area contributed by atoms with Crippen LogP contribution < -0.4 is 5.73 Å². The molecule has 4 heteroatoms. The van der Waals surface area contributed by atoms with Crippen molar-refractivity contribution >= 4 is 11.6 Å². The van der Waals surface area contributed by atoms with Crippen LogP contribution in [0.2, 0.25) is 5.15 Å². The third-order valence-electron chi connectivity index (χ3n) is 2.51. The van der Waals surface area contributed by atoms with Crippen molar-refractivity contribution in [3.63, 3.8) is 0 Å². The Morgan fingerprint density at radius 3 is 2.62 bits per heavy atom. The van der Waals surface area contributed by atoms with Crippen molar-refractivity contribution in [3.8, 4) is 11.3 Å². The van der Waals surface area contributed by atoms with Crippen LogP contribution in [-0.2, 0) is 13.5 Å². The zero-order valence-electron chi connectivity index (χ0n) is 9.15. The maximum absolute atomic E-state index is 6.19. The molecule has 2 rings (SSSR count). The van der Waals surface area contributed by atoms with E-state index in [9.17, 15) is 0 Å². The van der Waals surface area contributed by atoms with Crippen molar-refractivity contribution in [2.45, 2.75) is 6.42 Å². The van der Waals surface area contributed by atoms with Crippen molar-refractivity contribution in [1.82, 2.24) is 9.78 Å². The molecule has 0 radical (unpaired) electrons. The van der Waals surface area contributed by atoms with Crippen LogP contribution in [0.25, 0.3) is 11.3 Å². The molecular weight excluding hydrogens is 222 g/mol. The first-order chi connectivity index (χ1) is 7.74. The molecule has 3 nitrogen and oxygen atoms in total. The number of hydrogen-bond donors (Lipinski definition) is 1. The second-order valence-corrected chi connectivity index (χ2v) is 4.00. The molecule has 0 atom stereocenters. The zero-order valence-corrected chi connectivity index (χ0v) is 9.91. The summed E-state index contributed by atoms with van der Waals surface area (Å²) in [4.78, 5) is 0. The normalized spacial score (nSPS) is 10.7. The molecule has 2 N–H and O–H groups in total. The fraction of sp³-hybridized carbons (Fsp3) is 0.250. The van der Waals surface area contributed by atoms with Crippen LogP contribution in [0.4, 0.5) is 0 Å². The SMILES string of the molecule is Cn1nc(-c2ccccc2)c(CCN)c1Cl. The highest BCUT2D eigenvalue weighted by molar-refractivity contribution is 6.30. The summed E-state index contributed by atoms with van der Waals surface area (Å²) in [7, 11) is 1.84. The van der Waals surface area contributed by atoms with E-state index in [-0.39, 0.29) is 0 Å². The summed E-state index contributed by atoms with van der Waals surface area (Å²) >= 11 is 6.19. The molecule has 1 heterocycles. The molecule has 84 valence electrons. The number of nitrogens with two attached hydrogens (primary N) is 1. The Kier molecular flexibility index (Phi) is 3.27. The Labute approximate surface area is 99.8 Å². The third kappa shape index (κ3) is 1.96. The lowest BCUT2D eigenvalue weighted by atomic mass is 10.1. The van der Waals surface area contributed by atoms with Gasteiger partial charge in [-0.3, -0.25) is 4.68 Å². The van der Waals surface area contributed by atoms with Gasteiger partial charge in [-0.05, 0) is 13.0 Å². The maximum Gasteiger partial charge on any atom is 0.130 e. The molecule has 1 aromatic heterocycles. The molecule has 0 spiro atoms. The molecule has 0 aliphatic carbocycles. The van der Waals surface area contributed by atoms with E-state index in [1.54, 1.807) is 4.68 Å². The second-order valence-electron chi connectivity index (χ2n) is 3.65. The van der Waals surface area contributed by atoms with E-state index in [4.69, 9.17) is 17.3 Å². The minimum Gasteiger partial charge on any atom is -0.330 e. The number of aromatic nitrogens is 2. The van der Waals surface area contributed by atoms with Gasteiger partial charge in [-0.2, -0.15) is 5.10 Å². The predicted octanol–water partition coefficient (Wildman–Crippen LogP) is 2.24. The quantitative estimate of drug-likeness (QED) is 0.887. The Hall–Kier alpha value is -1.32. The standard InChI is InChI=1S/C12H14ClN3/c1-16-12(13)10(7-8-14)11(15-16)9-5-3-2-4-6-9/h2-6H,7-8,14H2,1H3. The summed E-state index contributed by atoms with van der Waals surface area (Å²) in [5.41, 5.74) is 8.62. The van der Waals surface area contributed by atoms with Crippen molar-refractivity contribution in [2.75, 3.05) is 6.54 Å². The highest BCUT2D eigenvalue weighted by Crippen LogP contribution is 2.28. The summed E-state index contributed by atoms with van der Waals surface area (Å²) < 4.78 is 1.69. The molecule has 0 aliphatic rings. The van der Waals surface area contributed by atoms with Gasteiger partial charge in [-0.1, -0.05) is 41.9 Å². The first-order valence-corrected chi connectivity index (χ1v) is 5.58. The van der Waals surface area contributed by atoms with Crippen LogP contribution in [0.3, 0.4) is 0 Å². The van der Waals surface area contributed by atoms with Crippen LogP contribution in [0.15, 0.2) is 30.3 Å². The lowest BCUT2D eigenvalue weighted by Gasteiger charge is -2.00. The molecule has 0 unspecified atom stereocenters. The van der Waals surface area contributed by atoms with E-state index < -0.39 is 0 Å². The van der Waals surface area contributed by atoms with Gasteiger partial charge in [0.25, 0.3) is 0 Å². The van der Waals surface area contributed by atoms with Crippen LogP contribution in [0.5, 0.6) is 0 Å². The number of nitrogens with zero attached hydrogens (tertiary/aromatic N) is 2. The molecule has 0 bridgehead atoms. The third-order valence-corrected chi connectivity index (χ3v) is 2.98. The summed E-state index contributed by atoms with van der Waals surface area (Å²) in [5, 5.41) is 5.10. The van der Waals surface area contributed by atoms with Gasteiger partial charge in [0.05, 0.1) is 5.69 Å². The minimum atomic E-state index is 0.575. The van der Waals surface area contributed by atoms with Gasteiger partial charge in [0, 0.05) is 18.2 Å². The van der Waals surface area contributed by atoms with Crippen LogP contribution >= 0.6 is 11.6 Å². The van der Waals surface area contributed by atoms with E-state index >= 15 is 0 Å². The average Bonchev–Trinajstić information content (AvgIpc) is 2.59. The van der Waals surface area contributed by atoms with Gasteiger partial charge in [0.2, 0.25) is 0 Å². The van der Waals surface area contributed by atoms with Crippen LogP contribution in [0.1, 0.15) is 5.56 Å². The van der Waals surface area contributed by atoms with Crippen LogP contribution in [-0.4, -0.2) is 16.3 Å². The van der Waals surface area contributed by atoms with Crippen molar-refractivity contribution < 1.29 is 0 Å². The van der Waals surface area contributed by atoms with Gasteiger partial charge < -0.3 is 5.73 Å². The van der Waals surface area contributed by atoms with E-state index in [0.717, 1.165) is 23.2 Å². The zero-order chi connectivity index (χ0) is 11.5. The number of hydrogen-bond acceptors (Lipinski definition) is 2. The Morgan fingerprint density at radius 1 is 1.31 bits per heavy atom. The van der Waals surface area contributed by atoms with Crippen molar-refractivity contribution in [3.05, 3.63) is 41.0 Å². The number of rotatable bonds is 3. The summed E-state index contributed by atoms with van der Waals surface area (Å²) in [6, 6.07) is 10.0. The summed E-state index contributed by atoms with van der Waals surface area (Å²) in [5.74, 6) is 0. The molecule has 2 aromatic rings. The van der Waals surface area contributed by atoms with E-state index in [0.29, 0.717) is 11.7 Å². The topological polar surface area (TPSA) is 43.8 Å². The Morgan fingerprint density at radius 2 is 2.00 bits per heavy atom. The number of aryl methyl sites for hydroxylation is 1. The van der Waals surface area contributed by atoms with Gasteiger partial charge in [-0.15, -0.1) is 0 Å². The Bertz CT molecular complexity index is 477. The van der Waals surface area contributed by atoms with Gasteiger partial charge >= 0.3 is 0 Å². The highest BCUT2D eigenvalue weighted by atomic mass is 35.5. The molecule has 0 saturated heterocycles. The number of benzene rings is 1. The van der Waals surface area contributed by atoms with Crippen LogP contribution in [0, 0.1) is 0 Å². The fourth-order valence-corrected chi connectivity index (χ4v) is 1.96. The lowest BCUT2D eigenvalue weighted by molar-refractivity contribution is 0.770. The maximum atomic E-state index is 6.19. The molecule has 1 aromatic carbocycles. The minimum absolute atomic E-state index is 0.575. The first-order valence-electron chi connectivity index (χ1n) is 5.21. The molecular formula is C12H14ClN3. The summed E-state index contributed by atoms with van der Waals surface area (Å²) in [6.45, 7) is 0.575. The van der Waals surface area contributed by atoms with E-state index in [1.807, 2.05) is 37.4 Å². The van der Waals surface area contributed by atoms with E-state index in [1.165, 1.54) is 0 Å². The molecule has 16 heavy (non-hydrogen) atoms. The van der Waals surface area contributed by atoms with Gasteiger partial charge in [-0.25, -0.2) is 0 Å². The fourth-order valence-electron chi connectivity index (χ4n) is 1.74. The smallest absolute Gasteiger partial charge is 0.130 e.